The van der Waals surface area contributed by atoms with Crippen LogP contribution in [0.2, 0.25) is 0 Å². The van der Waals surface area contributed by atoms with Gasteiger partial charge in [0.15, 0.2) is 5.69 Å². The Labute approximate surface area is 179 Å². The molecule has 1 N–H and O–H groups in total. The molecule has 0 amide bonds. The van der Waals surface area contributed by atoms with E-state index < -0.39 is 35.0 Å². The van der Waals surface area contributed by atoms with Crippen molar-refractivity contribution in [2.45, 2.75) is 39.7 Å². The number of hydrogen-bond acceptors (Lipinski definition) is 2. The van der Waals surface area contributed by atoms with Crippen molar-refractivity contribution in [3.8, 4) is 11.4 Å². The van der Waals surface area contributed by atoms with Crippen molar-refractivity contribution in [2.24, 2.45) is 0 Å². The van der Waals surface area contributed by atoms with Gasteiger partial charge in [0.05, 0.1) is 23.4 Å². The molecular formula is C22H18F6N2O2. The highest BCUT2D eigenvalue weighted by Crippen LogP contribution is 2.39. The zero-order chi connectivity index (χ0) is 24.0. The molecule has 2 aromatic carbocycles. The topological polar surface area (TPSA) is 55.1 Å². The van der Waals surface area contributed by atoms with Crippen molar-refractivity contribution in [1.29, 1.82) is 0 Å². The maximum absolute atomic E-state index is 13.3. The second-order valence-corrected chi connectivity index (χ2v) is 7.49. The van der Waals surface area contributed by atoms with Crippen molar-refractivity contribution in [3.05, 3.63) is 75.6 Å². The summed E-state index contributed by atoms with van der Waals surface area (Å²) in [5.74, 6) is -1.69. The van der Waals surface area contributed by atoms with Crippen LogP contribution in [0.3, 0.4) is 0 Å². The SMILES string of the molecule is Cc1ccc(C)c(Cn2c(-c3cc(C(F)(F)F)cc(C(F)(F)F)c3)nc(C)c2C(=O)O)c1. The molecule has 1 heterocycles. The van der Waals surface area contributed by atoms with Crippen LogP contribution in [-0.4, -0.2) is 20.6 Å². The summed E-state index contributed by atoms with van der Waals surface area (Å²) in [6.45, 7) is 4.82. The van der Waals surface area contributed by atoms with E-state index in [0.29, 0.717) is 17.7 Å². The van der Waals surface area contributed by atoms with E-state index in [-0.39, 0.29) is 29.8 Å². The normalized spacial score (nSPS) is 12.3. The Morgan fingerprint density at radius 3 is 2.00 bits per heavy atom. The molecule has 0 spiro atoms. The van der Waals surface area contributed by atoms with Crippen molar-refractivity contribution in [3.63, 3.8) is 0 Å². The highest BCUT2D eigenvalue weighted by Gasteiger charge is 2.37. The summed E-state index contributed by atoms with van der Waals surface area (Å²) in [6, 6.07) is 6.50. The highest BCUT2D eigenvalue weighted by molar-refractivity contribution is 5.88. The van der Waals surface area contributed by atoms with Crippen LogP contribution in [0.5, 0.6) is 0 Å². The summed E-state index contributed by atoms with van der Waals surface area (Å²) in [5, 5.41) is 9.66. The molecule has 3 rings (SSSR count). The van der Waals surface area contributed by atoms with Gasteiger partial charge in [-0.15, -0.1) is 0 Å². The fourth-order valence-electron chi connectivity index (χ4n) is 3.44. The Kier molecular flexibility index (Phi) is 5.84. The maximum Gasteiger partial charge on any atom is 0.416 e. The van der Waals surface area contributed by atoms with Gasteiger partial charge < -0.3 is 9.67 Å². The molecule has 0 saturated heterocycles. The number of hydrogen-bond donors (Lipinski definition) is 1. The largest absolute Gasteiger partial charge is 0.477 e. The molecule has 10 heteroatoms. The minimum Gasteiger partial charge on any atom is -0.477 e. The average molecular weight is 456 g/mol. The first-order valence-electron chi connectivity index (χ1n) is 9.35. The number of carbonyl (C=O) groups is 1. The number of aromatic carboxylic acids is 1. The Bertz CT molecular complexity index is 1160. The molecule has 3 aromatic rings. The summed E-state index contributed by atoms with van der Waals surface area (Å²) in [6.07, 6.45) is -10.1. The molecule has 0 radical (unpaired) electrons. The maximum atomic E-state index is 13.3. The van der Waals surface area contributed by atoms with Crippen molar-refractivity contribution in [2.75, 3.05) is 0 Å². The van der Waals surface area contributed by atoms with Crippen LogP contribution in [-0.2, 0) is 18.9 Å². The number of aromatic nitrogens is 2. The minimum atomic E-state index is -5.04. The fourth-order valence-corrected chi connectivity index (χ4v) is 3.44. The van der Waals surface area contributed by atoms with E-state index in [0.717, 1.165) is 15.7 Å². The molecule has 0 aliphatic rings. The van der Waals surface area contributed by atoms with Gasteiger partial charge in [-0.1, -0.05) is 23.8 Å². The summed E-state index contributed by atoms with van der Waals surface area (Å²) in [4.78, 5) is 15.9. The predicted octanol–water partition coefficient (Wildman–Crippen LogP) is 6.26. The molecule has 0 saturated carbocycles. The molecule has 4 nitrogen and oxygen atoms in total. The van der Waals surface area contributed by atoms with E-state index in [9.17, 15) is 36.2 Å². The lowest BCUT2D eigenvalue weighted by Crippen LogP contribution is -2.14. The lowest BCUT2D eigenvalue weighted by atomic mass is 10.0. The second kappa shape index (κ2) is 7.99. The van der Waals surface area contributed by atoms with E-state index >= 15 is 0 Å². The van der Waals surface area contributed by atoms with Gasteiger partial charge in [0.1, 0.15) is 5.82 Å². The second-order valence-electron chi connectivity index (χ2n) is 7.49. The predicted molar refractivity (Wildman–Crippen MR) is 104 cm³/mol. The summed E-state index contributed by atoms with van der Waals surface area (Å²) >= 11 is 0. The van der Waals surface area contributed by atoms with Crippen LogP contribution in [0.15, 0.2) is 36.4 Å². The Morgan fingerprint density at radius 2 is 1.50 bits per heavy atom. The summed E-state index contributed by atoms with van der Waals surface area (Å²) in [5.41, 5.74) is -1.52. The van der Waals surface area contributed by atoms with Gasteiger partial charge in [-0.25, -0.2) is 9.78 Å². The third-order valence-corrected chi connectivity index (χ3v) is 5.02. The van der Waals surface area contributed by atoms with Crippen molar-refractivity contribution < 1.29 is 36.2 Å². The van der Waals surface area contributed by atoms with Gasteiger partial charge in [0.25, 0.3) is 0 Å². The number of halogens is 6. The first kappa shape index (κ1) is 23.4. The van der Waals surface area contributed by atoms with Gasteiger partial charge in [-0.05, 0) is 50.1 Å². The highest BCUT2D eigenvalue weighted by atomic mass is 19.4. The van der Waals surface area contributed by atoms with E-state index in [1.54, 1.807) is 19.1 Å². The third kappa shape index (κ3) is 4.63. The first-order chi connectivity index (χ1) is 14.7. The summed E-state index contributed by atoms with van der Waals surface area (Å²) in [7, 11) is 0. The lowest BCUT2D eigenvalue weighted by molar-refractivity contribution is -0.143. The van der Waals surface area contributed by atoms with E-state index in [2.05, 4.69) is 4.98 Å². The molecule has 1 aromatic heterocycles. The summed E-state index contributed by atoms with van der Waals surface area (Å²) < 4.78 is 81.1. The number of carboxylic acid groups (broad SMARTS) is 1. The van der Waals surface area contributed by atoms with E-state index in [1.165, 1.54) is 6.92 Å². The molecular weight excluding hydrogens is 438 g/mol. The van der Waals surface area contributed by atoms with Crippen LogP contribution in [0.1, 0.15) is 44.0 Å². The smallest absolute Gasteiger partial charge is 0.416 e. The molecule has 0 fully saturated rings. The van der Waals surface area contributed by atoms with Crippen LogP contribution < -0.4 is 0 Å². The van der Waals surface area contributed by atoms with Crippen LogP contribution in [0, 0.1) is 20.8 Å². The van der Waals surface area contributed by atoms with Gasteiger partial charge in [-0.2, -0.15) is 26.3 Å². The van der Waals surface area contributed by atoms with Crippen molar-refractivity contribution in [1.82, 2.24) is 9.55 Å². The van der Waals surface area contributed by atoms with Crippen molar-refractivity contribution >= 4 is 5.97 Å². The number of carboxylic acids is 1. The number of aryl methyl sites for hydroxylation is 3. The Hall–Kier alpha value is -3.30. The Morgan fingerprint density at radius 1 is 0.938 bits per heavy atom. The molecule has 0 aliphatic heterocycles. The fraction of sp³-hybridized carbons (Fsp3) is 0.273. The Balaban J connectivity index is 2.30. The van der Waals surface area contributed by atoms with E-state index in [4.69, 9.17) is 0 Å². The van der Waals surface area contributed by atoms with Gasteiger partial charge in [-0.3, -0.25) is 0 Å². The molecule has 170 valence electrons. The van der Waals surface area contributed by atoms with Gasteiger partial charge >= 0.3 is 18.3 Å². The number of imidazole rings is 1. The van der Waals surface area contributed by atoms with Crippen LogP contribution >= 0.6 is 0 Å². The number of nitrogens with zero attached hydrogens (tertiary/aromatic N) is 2. The number of alkyl halides is 6. The average Bonchev–Trinajstić information content (AvgIpc) is 2.99. The zero-order valence-electron chi connectivity index (χ0n) is 17.2. The standard InChI is InChI=1S/C22H18F6N2O2/c1-11-4-5-12(2)15(6-11)10-30-18(20(31)32)13(3)29-19(30)14-7-16(21(23,24)25)9-17(8-14)22(26,27)28/h4-9H,10H2,1-3H3,(H,31,32). The van der Waals surface area contributed by atoms with E-state index in [1.807, 2.05) is 13.0 Å². The quantitative estimate of drug-likeness (QED) is 0.472. The molecule has 0 bridgehead atoms. The van der Waals surface area contributed by atoms with Crippen LogP contribution in [0.25, 0.3) is 11.4 Å². The zero-order valence-corrected chi connectivity index (χ0v) is 17.2. The monoisotopic (exact) mass is 456 g/mol. The van der Waals surface area contributed by atoms with Gasteiger partial charge in [0, 0.05) is 5.56 Å². The molecule has 32 heavy (non-hydrogen) atoms. The molecule has 0 unspecified atom stereocenters. The number of benzene rings is 2. The minimum absolute atomic E-state index is 0.0203. The number of rotatable bonds is 4. The van der Waals surface area contributed by atoms with Gasteiger partial charge in [0.2, 0.25) is 0 Å². The third-order valence-electron chi connectivity index (χ3n) is 5.02. The van der Waals surface area contributed by atoms with Crippen LogP contribution in [0.4, 0.5) is 26.3 Å². The lowest BCUT2D eigenvalue weighted by Gasteiger charge is -2.16. The molecule has 0 aliphatic carbocycles. The molecule has 0 atom stereocenters. The first-order valence-corrected chi connectivity index (χ1v) is 9.35.